The van der Waals surface area contributed by atoms with Gasteiger partial charge >= 0.3 is 6.03 Å². The maximum atomic E-state index is 12.5. The van der Waals surface area contributed by atoms with Crippen LogP contribution < -0.4 is 16.0 Å². The number of amides is 3. The van der Waals surface area contributed by atoms with Crippen molar-refractivity contribution in [1.82, 2.24) is 20.9 Å². The number of piperidine rings is 1. The van der Waals surface area contributed by atoms with Gasteiger partial charge in [-0.05, 0) is 108 Å². The summed E-state index contributed by atoms with van der Waals surface area (Å²) < 4.78 is 0. The molecule has 3 amide bonds. The van der Waals surface area contributed by atoms with E-state index in [0.717, 1.165) is 75.4 Å². The highest BCUT2D eigenvalue weighted by Crippen LogP contribution is 2.55. The Bertz CT molecular complexity index is 521. The van der Waals surface area contributed by atoms with E-state index in [1.807, 2.05) is 7.05 Å². The minimum atomic E-state index is -0.272. The van der Waals surface area contributed by atoms with E-state index in [4.69, 9.17) is 0 Å². The Morgan fingerprint density at radius 1 is 1.00 bits per heavy atom. The Morgan fingerprint density at radius 2 is 1.59 bits per heavy atom. The fraction of sp³-hybridized carbons (Fsp3) is 0.905. The minimum absolute atomic E-state index is 0.0369. The first kappa shape index (κ1) is 19.2. The Kier molecular flexibility index (Phi) is 5.74. The summed E-state index contributed by atoms with van der Waals surface area (Å²) in [6.07, 6.45) is 10.9. The third-order valence-corrected chi connectivity index (χ3v) is 7.55. The van der Waals surface area contributed by atoms with Crippen LogP contribution in [0.1, 0.15) is 57.8 Å². The quantitative estimate of drug-likeness (QED) is 0.664. The van der Waals surface area contributed by atoms with Crippen LogP contribution in [0, 0.1) is 23.7 Å². The Balaban J connectivity index is 1.20. The number of urea groups is 1. The van der Waals surface area contributed by atoms with Crippen molar-refractivity contribution in [2.75, 3.05) is 33.2 Å². The maximum absolute atomic E-state index is 12.5. The van der Waals surface area contributed by atoms with Gasteiger partial charge in [0.15, 0.2) is 0 Å². The predicted octanol–water partition coefficient (Wildman–Crippen LogP) is 2.10. The lowest BCUT2D eigenvalue weighted by atomic mass is 9.53. The second-order valence-corrected chi connectivity index (χ2v) is 9.81. The van der Waals surface area contributed by atoms with Gasteiger partial charge in [-0.15, -0.1) is 0 Å². The number of nitrogens with zero attached hydrogens (tertiary/aromatic N) is 1. The van der Waals surface area contributed by atoms with Crippen LogP contribution in [0.25, 0.3) is 0 Å². The van der Waals surface area contributed by atoms with Gasteiger partial charge in [-0.2, -0.15) is 0 Å². The van der Waals surface area contributed by atoms with Crippen molar-refractivity contribution in [2.45, 2.75) is 63.3 Å². The number of hydrogen-bond acceptors (Lipinski definition) is 4. The Hall–Kier alpha value is -1.14. The van der Waals surface area contributed by atoms with Crippen LogP contribution in [-0.2, 0) is 4.79 Å². The number of carbonyl (C=O) groups is 2. The van der Waals surface area contributed by atoms with Gasteiger partial charge in [0.05, 0.1) is 6.54 Å². The summed E-state index contributed by atoms with van der Waals surface area (Å²) >= 11 is 0. The van der Waals surface area contributed by atoms with E-state index in [0.29, 0.717) is 6.54 Å². The Labute approximate surface area is 163 Å². The molecule has 152 valence electrons. The number of rotatable bonds is 6. The summed E-state index contributed by atoms with van der Waals surface area (Å²) in [6.45, 7) is 3.32. The summed E-state index contributed by atoms with van der Waals surface area (Å²) in [4.78, 5) is 27.0. The zero-order valence-corrected chi connectivity index (χ0v) is 16.8. The van der Waals surface area contributed by atoms with Crippen LogP contribution in [0.2, 0.25) is 0 Å². The zero-order valence-electron chi connectivity index (χ0n) is 16.8. The molecule has 1 heterocycles. The summed E-state index contributed by atoms with van der Waals surface area (Å²) in [5.74, 6) is 2.96. The van der Waals surface area contributed by atoms with Crippen molar-refractivity contribution in [3.63, 3.8) is 0 Å². The molecule has 1 aliphatic heterocycles. The van der Waals surface area contributed by atoms with Crippen LogP contribution in [-0.4, -0.2) is 55.6 Å². The average molecular weight is 377 g/mol. The average Bonchev–Trinajstić information content (AvgIpc) is 2.59. The van der Waals surface area contributed by atoms with Gasteiger partial charge in [-0.1, -0.05) is 0 Å². The van der Waals surface area contributed by atoms with Gasteiger partial charge in [-0.3, -0.25) is 15.0 Å². The van der Waals surface area contributed by atoms with Crippen LogP contribution in [0.5, 0.6) is 0 Å². The molecule has 0 atom stereocenters. The third-order valence-electron chi connectivity index (χ3n) is 7.55. The first-order valence-electron chi connectivity index (χ1n) is 11.0. The number of hydrogen-bond donors (Lipinski definition) is 3. The van der Waals surface area contributed by atoms with Gasteiger partial charge in [0, 0.05) is 5.54 Å². The predicted molar refractivity (Wildman–Crippen MR) is 105 cm³/mol. The fourth-order valence-corrected chi connectivity index (χ4v) is 6.69. The van der Waals surface area contributed by atoms with Gasteiger partial charge in [0.25, 0.3) is 0 Å². The van der Waals surface area contributed by atoms with Crippen molar-refractivity contribution in [3.05, 3.63) is 0 Å². The lowest BCUT2D eigenvalue weighted by molar-refractivity contribution is -0.121. The van der Waals surface area contributed by atoms with E-state index in [9.17, 15) is 9.59 Å². The summed E-state index contributed by atoms with van der Waals surface area (Å²) in [5, 5.41) is 9.04. The van der Waals surface area contributed by atoms with Crippen molar-refractivity contribution in [2.24, 2.45) is 23.7 Å². The molecular formula is C21H36N4O2. The normalized spacial score (nSPS) is 36.0. The topological polar surface area (TPSA) is 73.5 Å². The highest BCUT2D eigenvalue weighted by atomic mass is 16.2. The molecule has 0 unspecified atom stereocenters. The van der Waals surface area contributed by atoms with Gasteiger partial charge in [-0.25, -0.2) is 4.79 Å². The lowest BCUT2D eigenvalue weighted by Crippen LogP contribution is -2.62. The molecule has 27 heavy (non-hydrogen) atoms. The molecule has 6 heteroatoms. The smallest absolute Gasteiger partial charge is 0.321 e. The highest BCUT2D eigenvalue weighted by Gasteiger charge is 2.51. The van der Waals surface area contributed by atoms with Crippen LogP contribution in [0.4, 0.5) is 4.79 Å². The molecule has 3 N–H and O–H groups in total. The third kappa shape index (κ3) is 4.65. The van der Waals surface area contributed by atoms with Gasteiger partial charge in [0.1, 0.15) is 0 Å². The van der Waals surface area contributed by atoms with E-state index >= 15 is 0 Å². The van der Waals surface area contributed by atoms with Crippen molar-refractivity contribution < 1.29 is 9.59 Å². The lowest BCUT2D eigenvalue weighted by Gasteiger charge is -2.56. The van der Waals surface area contributed by atoms with Gasteiger partial charge < -0.3 is 10.6 Å². The van der Waals surface area contributed by atoms with Crippen molar-refractivity contribution in [1.29, 1.82) is 0 Å². The molecule has 0 spiro atoms. The van der Waals surface area contributed by atoms with Crippen molar-refractivity contribution in [3.8, 4) is 0 Å². The maximum Gasteiger partial charge on any atom is 0.321 e. The summed E-state index contributed by atoms with van der Waals surface area (Å²) in [7, 11) is 1.99. The molecular weight excluding hydrogens is 340 g/mol. The van der Waals surface area contributed by atoms with Gasteiger partial charge in [0.2, 0.25) is 5.91 Å². The Morgan fingerprint density at radius 3 is 2.15 bits per heavy atom. The molecule has 5 fully saturated rings. The number of nitrogens with one attached hydrogen (secondary N) is 3. The molecule has 1 saturated heterocycles. The van der Waals surface area contributed by atoms with E-state index in [-0.39, 0.29) is 17.5 Å². The molecule has 5 rings (SSSR count). The molecule has 6 nitrogen and oxygen atoms in total. The monoisotopic (exact) mass is 376 g/mol. The second kappa shape index (κ2) is 8.08. The van der Waals surface area contributed by atoms with E-state index in [1.165, 1.54) is 25.7 Å². The van der Waals surface area contributed by atoms with Crippen LogP contribution in [0.15, 0.2) is 0 Å². The molecule has 5 aliphatic rings. The number of likely N-dealkylation sites (tertiary alicyclic amines) is 1. The number of imide groups is 1. The largest absolute Gasteiger partial charge is 0.332 e. The molecule has 0 aromatic heterocycles. The summed E-state index contributed by atoms with van der Waals surface area (Å²) in [6, 6.07) is -0.272. The molecule has 4 bridgehead atoms. The fourth-order valence-electron chi connectivity index (χ4n) is 6.69. The van der Waals surface area contributed by atoms with Crippen LogP contribution >= 0.6 is 0 Å². The second-order valence-electron chi connectivity index (χ2n) is 9.81. The summed E-state index contributed by atoms with van der Waals surface area (Å²) in [5.41, 5.74) is -0.0369. The highest BCUT2D eigenvalue weighted by molar-refractivity contribution is 5.95. The van der Waals surface area contributed by atoms with E-state index < -0.39 is 0 Å². The van der Waals surface area contributed by atoms with E-state index in [1.54, 1.807) is 0 Å². The molecule has 4 aliphatic carbocycles. The zero-order chi connectivity index (χ0) is 18.9. The SMILES string of the molecule is CNCCC1CCN(CC(=O)NC(=O)NC23CC4CC(CC(C4)C2)C3)CC1. The molecule has 0 aromatic rings. The molecule has 0 aromatic carbocycles. The molecule has 4 saturated carbocycles. The standard InChI is InChI=1S/C21H36N4O2/c1-22-5-2-15-3-6-25(7-4-15)14-19(26)23-20(27)24-21-11-16-8-17(12-21)10-18(9-16)13-21/h15-18,22H,2-14H2,1H3,(H2,23,24,26,27). The first-order valence-corrected chi connectivity index (χ1v) is 11.0. The van der Waals surface area contributed by atoms with Crippen molar-refractivity contribution >= 4 is 11.9 Å². The van der Waals surface area contributed by atoms with E-state index in [2.05, 4.69) is 20.9 Å². The minimum Gasteiger partial charge on any atom is -0.332 e. The first-order chi connectivity index (χ1) is 13.0. The number of carbonyl (C=O) groups excluding carboxylic acids is 2. The van der Waals surface area contributed by atoms with Crippen LogP contribution in [0.3, 0.4) is 0 Å². The molecule has 0 radical (unpaired) electrons.